The summed E-state index contributed by atoms with van der Waals surface area (Å²) >= 11 is 0. The van der Waals surface area contributed by atoms with Crippen LogP contribution in [0.15, 0.2) is 36.4 Å². The van der Waals surface area contributed by atoms with Gasteiger partial charge >= 0.3 is 0 Å². The van der Waals surface area contributed by atoms with Gasteiger partial charge in [0.2, 0.25) is 10.0 Å². The Morgan fingerprint density at radius 2 is 2.00 bits per heavy atom. The molecule has 4 nitrogen and oxygen atoms in total. The van der Waals surface area contributed by atoms with E-state index >= 15 is 0 Å². The molecule has 0 aliphatic carbocycles. The van der Waals surface area contributed by atoms with Crippen LogP contribution in [0.4, 0.5) is 5.69 Å². The van der Waals surface area contributed by atoms with Crippen LogP contribution in [0.5, 0.6) is 5.75 Å². The van der Waals surface area contributed by atoms with E-state index in [-0.39, 0.29) is 11.5 Å². The van der Waals surface area contributed by atoms with E-state index in [1.807, 2.05) is 13.0 Å². The number of aromatic hydroxyl groups is 1. The fraction of sp³-hybridized carbons (Fsp3) is 0.231. The number of phenols is 1. The van der Waals surface area contributed by atoms with Crippen molar-refractivity contribution in [2.45, 2.75) is 13.3 Å². The van der Waals surface area contributed by atoms with Crippen molar-refractivity contribution in [2.75, 3.05) is 10.5 Å². The molecule has 0 aliphatic heterocycles. The number of phenolic OH excluding ortho intramolecular Hbond substituents is 1. The monoisotopic (exact) mass is 265 g/mol. The molecular formula is C13H15NO3S. The average molecular weight is 265 g/mol. The fourth-order valence-electron chi connectivity index (χ4n) is 1.84. The molecule has 0 unspecified atom stereocenters. The highest BCUT2D eigenvalue weighted by Gasteiger charge is 2.11. The van der Waals surface area contributed by atoms with Crippen LogP contribution in [0.1, 0.15) is 13.3 Å². The van der Waals surface area contributed by atoms with Gasteiger partial charge in [0.25, 0.3) is 0 Å². The molecule has 0 amide bonds. The van der Waals surface area contributed by atoms with Crippen molar-refractivity contribution in [1.29, 1.82) is 0 Å². The van der Waals surface area contributed by atoms with E-state index in [4.69, 9.17) is 0 Å². The van der Waals surface area contributed by atoms with Crippen molar-refractivity contribution >= 4 is 26.5 Å². The number of benzene rings is 2. The number of hydrogen-bond donors (Lipinski definition) is 2. The van der Waals surface area contributed by atoms with Crippen molar-refractivity contribution < 1.29 is 13.5 Å². The zero-order chi connectivity index (χ0) is 13.2. The molecular weight excluding hydrogens is 250 g/mol. The van der Waals surface area contributed by atoms with Crippen molar-refractivity contribution in [3.05, 3.63) is 36.4 Å². The minimum Gasteiger partial charge on any atom is -0.508 e. The SMILES string of the molecule is CCCS(=O)(=O)Nc1cccc2ccc(O)cc12. The molecule has 0 saturated heterocycles. The van der Waals surface area contributed by atoms with E-state index in [0.717, 1.165) is 5.39 Å². The van der Waals surface area contributed by atoms with Gasteiger partial charge in [0.05, 0.1) is 11.4 Å². The standard InChI is InChI=1S/C13H15NO3S/c1-2-8-18(16,17)14-13-5-3-4-10-6-7-11(15)9-12(10)13/h3-7,9,14-15H,2,8H2,1H3. The molecule has 18 heavy (non-hydrogen) atoms. The smallest absolute Gasteiger partial charge is 0.232 e. The molecule has 2 rings (SSSR count). The molecule has 0 heterocycles. The number of nitrogens with one attached hydrogen (secondary N) is 1. The summed E-state index contributed by atoms with van der Waals surface area (Å²) in [5.41, 5.74) is 0.497. The van der Waals surface area contributed by atoms with Crippen LogP contribution in [-0.4, -0.2) is 19.3 Å². The van der Waals surface area contributed by atoms with Crippen LogP contribution < -0.4 is 4.72 Å². The largest absolute Gasteiger partial charge is 0.508 e. The Balaban J connectivity index is 2.48. The van der Waals surface area contributed by atoms with Crippen LogP contribution in [0.2, 0.25) is 0 Å². The lowest BCUT2D eigenvalue weighted by molar-refractivity contribution is 0.476. The molecule has 2 aromatic carbocycles. The molecule has 96 valence electrons. The van der Waals surface area contributed by atoms with E-state index in [1.165, 1.54) is 0 Å². The second-order valence-corrected chi connectivity index (χ2v) is 5.97. The Hall–Kier alpha value is -1.75. The number of fused-ring (bicyclic) bond motifs is 1. The fourth-order valence-corrected chi connectivity index (χ4v) is 2.99. The van der Waals surface area contributed by atoms with Gasteiger partial charge in [-0.3, -0.25) is 4.72 Å². The number of hydrogen-bond acceptors (Lipinski definition) is 3. The molecule has 2 N–H and O–H groups in total. The lowest BCUT2D eigenvalue weighted by Gasteiger charge is -2.10. The van der Waals surface area contributed by atoms with Gasteiger partial charge < -0.3 is 5.11 Å². The van der Waals surface area contributed by atoms with Crippen LogP contribution in [0.3, 0.4) is 0 Å². The maximum atomic E-state index is 11.8. The molecule has 0 fully saturated rings. The number of rotatable bonds is 4. The van der Waals surface area contributed by atoms with Crippen molar-refractivity contribution in [2.24, 2.45) is 0 Å². The Kier molecular flexibility index (Phi) is 3.43. The van der Waals surface area contributed by atoms with E-state index in [0.29, 0.717) is 17.5 Å². The summed E-state index contributed by atoms with van der Waals surface area (Å²) in [7, 11) is -3.32. The summed E-state index contributed by atoms with van der Waals surface area (Å²) in [4.78, 5) is 0. The molecule has 0 bridgehead atoms. The Bertz CT molecular complexity index is 665. The van der Waals surface area contributed by atoms with Gasteiger partial charge in [-0.1, -0.05) is 25.1 Å². The van der Waals surface area contributed by atoms with Gasteiger partial charge in [0.15, 0.2) is 0 Å². The molecule has 0 saturated carbocycles. The second kappa shape index (κ2) is 4.86. The zero-order valence-electron chi connectivity index (χ0n) is 10.1. The number of anilines is 1. The van der Waals surface area contributed by atoms with Crippen LogP contribution in [0, 0.1) is 0 Å². The first-order valence-corrected chi connectivity index (χ1v) is 7.39. The van der Waals surface area contributed by atoms with Crippen molar-refractivity contribution in [3.63, 3.8) is 0 Å². The quantitative estimate of drug-likeness (QED) is 0.893. The van der Waals surface area contributed by atoms with Crippen LogP contribution >= 0.6 is 0 Å². The zero-order valence-corrected chi connectivity index (χ0v) is 10.9. The molecule has 0 spiro atoms. The predicted octanol–water partition coefficient (Wildman–Crippen LogP) is 2.70. The Morgan fingerprint density at radius 1 is 1.22 bits per heavy atom. The minimum absolute atomic E-state index is 0.0855. The first-order valence-electron chi connectivity index (χ1n) is 5.74. The molecule has 0 atom stereocenters. The van der Waals surface area contributed by atoms with Crippen LogP contribution in [-0.2, 0) is 10.0 Å². The highest BCUT2D eigenvalue weighted by molar-refractivity contribution is 7.92. The summed E-state index contributed by atoms with van der Waals surface area (Å²) in [5.74, 6) is 0.201. The highest BCUT2D eigenvalue weighted by Crippen LogP contribution is 2.27. The molecule has 5 heteroatoms. The lowest BCUT2D eigenvalue weighted by atomic mass is 10.1. The van der Waals surface area contributed by atoms with Gasteiger partial charge in [-0.25, -0.2) is 8.42 Å². The van der Waals surface area contributed by atoms with Gasteiger partial charge in [-0.2, -0.15) is 0 Å². The van der Waals surface area contributed by atoms with E-state index in [9.17, 15) is 13.5 Å². The van der Waals surface area contributed by atoms with E-state index in [1.54, 1.807) is 30.3 Å². The van der Waals surface area contributed by atoms with Crippen molar-refractivity contribution in [3.8, 4) is 5.75 Å². The Labute approximate surface area is 106 Å². The molecule has 0 radical (unpaired) electrons. The van der Waals surface area contributed by atoms with Gasteiger partial charge in [0.1, 0.15) is 5.75 Å². The van der Waals surface area contributed by atoms with Gasteiger partial charge in [0, 0.05) is 5.39 Å². The topological polar surface area (TPSA) is 66.4 Å². The summed E-state index contributed by atoms with van der Waals surface area (Å²) < 4.78 is 26.1. The number of sulfonamides is 1. The summed E-state index contributed by atoms with van der Waals surface area (Å²) in [6.07, 6.45) is 0.561. The Morgan fingerprint density at radius 3 is 2.72 bits per heavy atom. The minimum atomic E-state index is -3.32. The maximum absolute atomic E-state index is 11.8. The molecule has 0 aliphatic rings. The molecule has 2 aromatic rings. The third-order valence-corrected chi connectivity index (χ3v) is 4.08. The highest BCUT2D eigenvalue weighted by atomic mass is 32.2. The lowest BCUT2D eigenvalue weighted by Crippen LogP contribution is -2.16. The summed E-state index contributed by atoms with van der Waals surface area (Å²) in [6.45, 7) is 1.81. The van der Waals surface area contributed by atoms with Gasteiger partial charge in [-0.15, -0.1) is 0 Å². The normalized spacial score (nSPS) is 11.6. The first-order chi connectivity index (χ1) is 8.52. The second-order valence-electron chi connectivity index (χ2n) is 4.13. The van der Waals surface area contributed by atoms with E-state index in [2.05, 4.69) is 4.72 Å². The maximum Gasteiger partial charge on any atom is 0.232 e. The van der Waals surface area contributed by atoms with Crippen LogP contribution in [0.25, 0.3) is 10.8 Å². The summed E-state index contributed by atoms with van der Waals surface area (Å²) in [6, 6.07) is 10.2. The predicted molar refractivity (Wildman–Crippen MR) is 73.3 cm³/mol. The third kappa shape index (κ3) is 2.73. The van der Waals surface area contributed by atoms with E-state index < -0.39 is 10.0 Å². The summed E-state index contributed by atoms with van der Waals surface area (Å²) in [5, 5.41) is 11.1. The first kappa shape index (κ1) is 12.7. The molecule has 0 aromatic heterocycles. The van der Waals surface area contributed by atoms with Crippen molar-refractivity contribution in [1.82, 2.24) is 0 Å². The third-order valence-electron chi connectivity index (χ3n) is 2.60. The van der Waals surface area contributed by atoms with Gasteiger partial charge in [-0.05, 0) is 30.0 Å². The average Bonchev–Trinajstić information content (AvgIpc) is 2.29.